The van der Waals surface area contributed by atoms with Crippen molar-refractivity contribution in [1.29, 1.82) is 0 Å². The van der Waals surface area contributed by atoms with Crippen molar-refractivity contribution in [2.45, 2.75) is 0 Å². The van der Waals surface area contributed by atoms with Crippen molar-refractivity contribution < 1.29 is 0 Å². The standard InChI is InChI=1S/C64H42/c1-5-21-57-47(13-1)17-9-25-61(57)53-37-51(38-54(41-53)62-26-10-18-48-14-2-6-22-58(48)62)45-33-29-43(30-34-45)44-31-35-46(36-32-44)52-39-55(63-27-11-19-49-15-3-7-23-59(49)63)42-56(40-52)64-28-12-20-50-16-4-8-24-60(50)64/h1-42H. The molecule has 0 heterocycles. The lowest BCUT2D eigenvalue weighted by Gasteiger charge is -2.15. The molecule has 12 aromatic rings. The number of rotatable bonds is 7. The molecule has 0 aliphatic heterocycles. The van der Waals surface area contributed by atoms with Gasteiger partial charge in [-0.25, -0.2) is 0 Å². The van der Waals surface area contributed by atoms with Crippen LogP contribution in [0.1, 0.15) is 0 Å². The van der Waals surface area contributed by atoms with Crippen molar-refractivity contribution in [1.82, 2.24) is 0 Å². The van der Waals surface area contributed by atoms with E-state index >= 15 is 0 Å². The van der Waals surface area contributed by atoms with Crippen LogP contribution in [-0.2, 0) is 0 Å². The first-order valence-electron chi connectivity index (χ1n) is 22.1. The van der Waals surface area contributed by atoms with Crippen molar-refractivity contribution in [3.63, 3.8) is 0 Å². The summed E-state index contributed by atoms with van der Waals surface area (Å²) in [5.74, 6) is 0. The molecule has 0 aromatic heterocycles. The fraction of sp³-hybridized carbons (Fsp3) is 0. The maximum absolute atomic E-state index is 2.37. The van der Waals surface area contributed by atoms with Crippen molar-refractivity contribution in [3.05, 3.63) is 255 Å². The Morgan fingerprint density at radius 3 is 0.609 bits per heavy atom. The Morgan fingerprint density at radius 1 is 0.141 bits per heavy atom. The molecule has 0 N–H and O–H groups in total. The second-order valence-corrected chi connectivity index (χ2v) is 16.9. The Labute approximate surface area is 374 Å². The quantitative estimate of drug-likeness (QED) is 0.150. The zero-order valence-electron chi connectivity index (χ0n) is 35.2. The maximum atomic E-state index is 2.37. The van der Waals surface area contributed by atoms with Crippen LogP contribution < -0.4 is 0 Å². The summed E-state index contributed by atoms with van der Waals surface area (Å²) in [6, 6.07) is 93.7. The summed E-state index contributed by atoms with van der Waals surface area (Å²) >= 11 is 0. The number of benzene rings is 12. The fourth-order valence-electron chi connectivity index (χ4n) is 9.83. The summed E-state index contributed by atoms with van der Waals surface area (Å²) in [5, 5.41) is 10.0. The van der Waals surface area contributed by atoms with E-state index < -0.39 is 0 Å². The molecule has 0 heteroatoms. The van der Waals surface area contributed by atoms with E-state index in [4.69, 9.17) is 0 Å². The second kappa shape index (κ2) is 15.9. The predicted octanol–water partition coefficient (Wildman–Crippen LogP) is 18.0. The van der Waals surface area contributed by atoms with Gasteiger partial charge in [-0.1, -0.05) is 218 Å². The van der Waals surface area contributed by atoms with Crippen molar-refractivity contribution in [2.24, 2.45) is 0 Å². The number of fused-ring (bicyclic) bond motifs is 4. The highest BCUT2D eigenvalue weighted by atomic mass is 14.2. The third kappa shape index (κ3) is 6.83. The van der Waals surface area contributed by atoms with Gasteiger partial charge in [-0.2, -0.15) is 0 Å². The third-order valence-corrected chi connectivity index (χ3v) is 13.0. The van der Waals surface area contributed by atoms with E-state index in [0.717, 1.165) is 0 Å². The minimum Gasteiger partial charge on any atom is -0.0616 e. The van der Waals surface area contributed by atoms with Gasteiger partial charge in [-0.3, -0.25) is 0 Å². The molecule has 12 rings (SSSR count). The zero-order chi connectivity index (χ0) is 42.4. The maximum Gasteiger partial charge on any atom is -0.0105 e. The highest BCUT2D eigenvalue weighted by Gasteiger charge is 2.14. The molecule has 0 saturated heterocycles. The highest BCUT2D eigenvalue weighted by molar-refractivity contribution is 6.03. The first-order chi connectivity index (χ1) is 31.7. The normalized spacial score (nSPS) is 11.4. The molecule has 0 radical (unpaired) electrons. The van der Waals surface area contributed by atoms with Gasteiger partial charge < -0.3 is 0 Å². The van der Waals surface area contributed by atoms with E-state index in [1.807, 2.05) is 0 Å². The molecule has 0 unspecified atom stereocenters. The lowest BCUT2D eigenvalue weighted by atomic mass is 9.89. The van der Waals surface area contributed by atoms with Crippen LogP contribution in [-0.4, -0.2) is 0 Å². The topological polar surface area (TPSA) is 0 Å². The lowest BCUT2D eigenvalue weighted by molar-refractivity contribution is 1.56. The minimum absolute atomic E-state index is 1.19. The highest BCUT2D eigenvalue weighted by Crippen LogP contribution is 2.41. The summed E-state index contributed by atoms with van der Waals surface area (Å²) in [6.45, 7) is 0. The molecule has 0 nitrogen and oxygen atoms in total. The van der Waals surface area contributed by atoms with Gasteiger partial charge in [0.2, 0.25) is 0 Å². The Balaban J connectivity index is 0.925. The summed E-state index contributed by atoms with van der Waals surface area (Å²) in [7, 11) is 0. The molecule has 0 saturated carbocycles. The van der Waals surface area contributed by atoms with Crippen LogP contribution in [0, 0.1) is 0 Å². The lowest BCUT2D eigenvalue weighted by Crippen LogP contribution is -1.89. The van der Waals surface area contributed by atoms with Crippen LogP contribution in [0.25, 0.3) is 121 Å². The van der Waals surface area contributed by atoms with Gasteiger partial charge in [0.1, 0.15) is 0 Å². The second-order valence-electron chi connectivity index (χ2n) is 16.9. The third-order valence-electron chi connectivity index (χ3n) is 13.0. The van der Waals surface area contributed by atoms with Crippen molar-refractivity contribution in [3.8, 4) is 77.9 Å². The molecule has 0 aliphatic rings. The van der Waals surface area contributed by atoms with E-state index in [1.54, 1.807) is 0 Å². The molecule has 0 atom stereocenters. The molecule has 64 heavy (non-hydrogen) atoms. The van der Waals surface area contributed by atoms with Crippen molar-refractivity contribution >= 4 is 43.1 Å². The molecule has 0 amide bonds. The Bertz CT molecular complexity index is 3240. The molecular weight excluding hydrogens is 769 g/mol. The van der Waals surface area contributed by atoms with E-state index in [1.165, 1.54) is 121 Å². The van der Waals surface area contributed by atoms with Gasteiger partial charge in [-0.05, 0) is 157 Å². The first kappa shape index (κ1) is 37.4. The molecule has 0 spiro atoms. The first-order valence-corrected chi connectivity index (χ1v) is 22.1. The molecular formula is C64H42. The van der Waals surface area contributed by atoms with Crippen LogP contribution in [0.5, 0.6) is 0 Å². The number of hydrogen-bond acceptors (Lipinski definition) is 0. The molecule has 12 aromatic carbocycles. The van der Waals surface area contributed by atoms with E-state index in [9.17, 15) is 0 Å². The van der Waals surface area contributed by atoms with E-state index in [-0.39, 0.29) is 0 Å². The average molecular weight is 811 g/mol. The molecule has 0 aliphatic carbocycles. The molecule has 0 bridgehead atoms. The summed E-state index contributed by atoms with van der Waals surface area (Å²) in [4.78, 5) is 0. The van der Waals surface area contributed by atoms with Gasteiger partial charge in [0.15, 0.2) is 0 Å². The Hall–Kier alpha value is -8.32. The van der Waals surface area contributed by atoms with Crippen LogP contribution in [0.4, 0.5) is 0 Å². The van der Waals surface area contributed by atoms with Crippen LogP contribution in [0.2, 0.25) is 0 Å². The Morgan fingerprint density at radius 2 is 0.344 bits per heavy atom. The predicted molar refractivity (Wildman–Crippen MR) is 275 cm³/mol. The van der Waals surface area contributed by atoms with Gasteiger partial charge in [0.05, 0.1) is 0 Å². The monoisotopic (exact) mass is 810 g/mol. The molecule has 0 fully saturated rings. The smallest absolute Gasteiger partial charge is 0.0105 e. The van der Waals surface area contributed by atoms with E-state index in [2.05, 4.69) is 255 Å². The van der Waals surface area contributed by atoms with E-state index in [0.29, 0.717) is 0 Å². The number of hydrogen-bond donors (Lipinski definition) is 0. The van der Waals surface area contributed by atoms with Crippen LogP contribution in [0.3, 0.4) is 0 Å². The summed E-state index contributed by atoms with van der Waals surface area (Å²) in [6.07, 6.45) is 0. The zero-order valence-corrected chi connectivity index (χ0v) is 35.2. The van der Waals surface area contributed by atoms with Crippen molar-refractivity contribution in [2.75, 3.05) is 0 Å². The fourth-order valence-corrected chi connectivity index (χ4v) is 9.83. The minimum atomic E-state index is 1.19. The van der Waals surface area contributed by atoms with Gasteiger partial charge in [-0.15, -0.1) is 0 Å². The van der Waals surface area contributed by atoms with Gasteiger partial charge in [0.25, 0.3) is 0 Å². The largest absolute Gasteiger partial charge is 0.0616 e. The average Bonchev–Trinajstić information content (AvgIpc) is 3.38. The Kier molecular flexibility index (Phi) is 9.28. The summed E-state index contributed by atoms with van der Waals surface area (Å²) < 4.78 is 0. The van der Waals surface area contributed by atoms with Crippen LogP contribution in [0.15, 0.2) is 255 Å². The van der Waals surface area contributed by atoms with Crippen LogP contribution >= 0.6 is 0 Å². The molecule has 298 valence electrons. The van der Waals surface area contributed by atoms with Gasteiger partial charge in [0, 0.05) is 0 Å². The van der Waals surface area contributed by atoms with Gasteiger partial charge >= 0.3 is 0 Å². The summed E-state index contributed by atoms with van der Waals surface area (Å²) in [5.41, 5.74) is 17.0. The SMILES string of the molecule is c1ccc2c(-c3cc(-c4ccc(-c5ccc(-c6cc(-c7cccc8ccccc78)cc(-c7cccc8ccccc78)c6)cc5)cc4)cc(-c4cccc5ccccc45)c3)cccc2c1.